The van der Waals surface area contributed by atoms with Crippen molar-refractivity contribution >= 4 is 44.1 Å². The second kappa shape index (κ2) is 5.42. The molecule has 3 nitrogen and oxygen atoms in total. The molecule has 0 fully saturated rings. The lowest BCUT2D eigenvalue weighted by Gasteiger charge is -2.02. The number of benzene rings is 1. The molecule has 3 aromatic rings. The van der Waals surface area contributed by atoms with Crippen molar-refractivity contribution in [1.29, 1.82) is 0 Å². The van der Waals surface area contributed by atoms with Crippen molar-refractivity contribution in [3.8, 4) is 0 Å². The molecule has 0 saturated carbocycles. The number of para-hydroxylation sites is 1. The molecule has 0 saturated heterocycles. The molecule has 0 spiro atoms. The SMILES string of the molecule is O=C(O)Cc1cn(Cc2ccc(Br)s2)c2ccccc12. The van der Waals surface area contributed by atoms with Gasteiger partial charge in [-0.05, 0) is 39.7 Å². The molecule has 0 aliphatic heterocycles. The fourth-order valence-electron chi connectivity index (χ4n) is 2.36. The molecule has 0 amide bonds. The van der Waals surface area contributed by atoms with Crippen LogP contribution in [0.5, 0.6) is 0 Å². The van der Waals surface area contributed by atoms with Crippen LogP contribution in [0, 0.1) is 0 Å². The van der Waals surface area contributed by atoms with Crippen LogP contribution >= 0.6 is 27.3 Å². The van der Waals surface area contributed by atoms with Gasteiger partial charge in [-0.2, -0.15) is 0 Å². The number of carbonyl (C=O) groups is 1. The van der Waals surface area contributed by atoms with Crippen LogP contribution in [0.25, 0.3) is 10.9 Å². The molecule has 5 heteroatoms. The maximum Gasteiger partial charge on any atom is 0.307 e. The summed E-state index contributed by atoms with van der Waals surface area (Å²) in [5.74, 6) is -0.799. The Bertz CT molecular complexity index is 775. The lowest BCUT2D eigenvalue weighted by atomic mass is 10.1. The van der Waals surface area contributed by atoms with Crippen LogP contribution in [0.4, 0.5) is 0 Å². The monoisotopic (exact) mass is 349 g/mol. The molecule has 102 valence electrons. The molecule has 3 rings (SSSR count). The lowest BCUT2D eigenvalue weighted by molar-refractivity contribution is -0.136. The maximum absolute atomic E-state index is 11.0. The van der Waals surface area contributed by atoms with E-state index in [-0.39, 0.29) is 6.42 Å². The summed E-state index contributed by atoms with van der Waals surface area (Å²) in [4.78, 5) is 12.2. The summed E-state index contributed by atoms with van der Waals surface area (Å²) in [5, 5.41) is 10.0. The number of halogens is 1. The number of rotatable bonds is 4. The number of carboxylic acid groups (broad SMARTS) is 1. The zero-order chi connectivity index (χ0) is 14.1. The van der Waals surface area contributed by atoms with E-state index in [4.69, 9.17) is 5.11 Å². The summed E-state index contributed by atoms with van der Waals surface area (Å²) in [6.07, 6.45) is 2.01. The molecule has 1 N–H and O–H groups in total. The summed E-state index contributed by atoms with van der Waals surface area (Å²) in [6, 6.07) is 12.1. The highest BCUT2D eigenvalue weighted by atomic mass is 79.9. The number of fused-ring (bicyclic) bond motifs is 1. The fourth-order valence-corrected chi connectivity index (χ4v) is 3.84. The molecule has 0 radical (unpaired) electrons. The lowest BCUT2D eigenvalue weighted by Crippen LogP contribution is -1.99. The van der Waals surface area contributed by atoms with E-state index in [0.29, 0.717) is 0 Å². The molecule has 2 heterocycles. The Kier molecular flexibility index (Phi) is 3.63. The van der Waals surface area contributed by atoms with Gasteiger partial charge in [0, 0.05) is 22.0 Å². The zero-order valence-electron chi connectivity index (χ0n) is 10.5. The van der Waals surface area contributed by atoms with Gasteiger partial charge >= 0.3 is 5.97 Å². The Morgan fingerprint density at radius 2 is 2.05 bits per heavy atom. The molecule has 1 aromatic carbocycles. The Labute approximate surface area is 128 Å². The third-order valence-electron chi connectivity index (χ3n) is 3.17. The highest BCUT2D eigenvalue weighted by Gasteiger charge is 2.11. The third-order valence-corrected chi connectivity index (χ3v) is 4.78. The predicted octanol–water partition coefficient (Wildman–Crippen LogP) is 4.14. The standard InChI is InChI=1S/C15H12BrNO2S/c16-14-6-5-11(20-14)9-17-8-10(7-15(18)19)12-3-1-2-4-13(12)17/h1-6,8H,7,9H2,(H,18,19). The number of hydrogen-bond donors (Lipinski definition) is 1. The van der Waals surface area contributed by atoms with E-state index in [9.17, 15) is 4.79 Å². The van der Waals surface area contributed by atoms with Gasteiger partial charge in [-0.3, -0.25) is 4.79 Å². The molecule has 2 aromatic heterocycles. The van der Waals surface area contributed by atoms with Gasteiger partial charge in [0.1, 0.15) is 0 Å². The van der Waals surface area contributed by atoms with Gasteiger partial charge in [0.05, 0.1) is 16.8 Å². The summed E-state index contributed by atoms with van der Waals surface area (Å²) < 4.78 is 3.22. The number of thiophene rings is 1. The maximum atomic E-state index is 11.0. The van der Waals surface area contributed by atoms with Crippen molar-refractivity contribution in [1.82, 2.24) is 4.57 Å². The number of nitrogens with zero attached hydrogens (tertiary/aromatic N) is 1. The van der Waals surface area contributed by atoms with Crippen LogP contribution in [0.15, 0.2) is 46.4 Å². The quantitative estimate of drug-likeness (QED) is 0.768. The van der Waals surface area contributed by atoms with Crippen molar-refractivity contribution in [2.75, 3.05) is 0 Å². The van der Waals surface area contributed by atoms with Crippen LogP contribution in [0.1, 0.15) is 10.4 Å². The summed E-state index contributed by atoms with van der Waals surface area (Å²) in [5.41, 5.74) is 1.94. The first-order valence-corrected chi connectivity index (χ1v) is 7.77. The van der Waals surface area contributed by atoms with Gasteiger partial charge in [0.15, 0.2) is 0 Å². The van der Waals surface area contributed by atoms with E-state index in [1.54, 1.807) is 11.3 Å². The summed E-state index contributed by atoms with van der Waals surface area (Å²) in [7, 11) is 0. The first-order valence-electron chi connectivity index (χ1n) is 6.16. The Hall–Kier alpha value is -1.59. The third kappa shape index (κ3) is 2.64. The molecular weight excluding hydrogens is 338 g/mol. The van der Waals surface area contributed by atoms with E-state index in [2.05, 4.69) is 26.6 Å². The van der Waals surface area contributed by atoms with Gasteiger partial charge in [0.25, 0.3) is 0 Å². The van der Waals surface area contributed by atoms with E-state index in [1.807, 2.05) is 36.5 Å². The van der Waals surface area contributed by atoms with Gasteiger partial charge in [-0.1, -0.05) is 18.2 Å². The minimum absolute atomic E-state index is 0.0572. The smallest absolute Gasteiger partial charge is 0.307 e. The molecule has 0 bridgehead atoms. The fraction of sp³-hybridized carbons (Fsp3) is 0.133. The highest BCUT2D eigenvalue weighted by molar-refractivity contribution is 9.11. The second-order valence-electron chi connectivity index (χ2n) is 4.58. The van der Waals surface area contributed by atoms with Crippen LogP contribution in [-0.2, 0) is 17.8 Å². The Morgan fingerprint density at radius 1 is 1.25 bits per heavy atom. The van der Waals surface area contributed by atoms with Crippen molar-refractivity contribution in [3.05, 3.63) is 56.8 Å². The average Bonchev–Trinajstić information content (AvgIpc) is 2.95. The molecule has 0 atom stereocenters. The van der Waals surface area contributed by atoms with E-state index in [0.717, 1.165) is 26.8 Å². The minimum Gasteiger partial charge on any atom is -0.481 e. The van der Waals surface area contributed by atoms with Crippen LogP contribution in [-0.4, -0.2) is 15.6 Å². The van der Waals surface area contributed by atoms with Gasteiger partial charge in [-0.15, -0.1) is 11.3 Å². The van der Waals surface area contributed by atoms with Gasteiger partial charge in [-0.25, -0.2) is 0 Å². The zero-order valence-corrected chi connectivity index (χ0v) is 12.9. The largest absolute Gasteiger partial charge is 0.481 e. The van der Waals surface area contributed by atoms with Crippen LogP contribution < -0.4 is 0 Å². The number of carboxylic acids is 1. The van der Waals surface area contributed by atoms with E-state index in [1.165, 1.54) is 4.88 Å². The van der Waals surface area contributed by atoms with Crippen LogP contribution in [0.3, 0.4) is 0 Å². The minimum atomic E-state index is -0.799. The van der Waals surface area contributed by atoms with Crippen molar-refractivity contribution in [2.24, 2.45) is 0 Å². The van der Waals surface area contributed by atoms with Crippen molar-refractivity contribution in [2.45, 2.75) is 13.0 Å². The normalized spacial score (nSPS) is 11.1. The van der Waals surface area contributed by atoms with Crippen LogP contribution in [0.2, 0.25) is 0 Å². The van der Waals surface area contributed by atoms with E-state index >= 15 is 0 Å². The van der Waals surface area contributed by atoms with Gasteiger partial charge < -0.3 is 9.67 Å². The topological polar surface area (TPSA) is 42.2 Å². The van der Waals surface area contributed by atoms with Gasteiger partial charge in [0.2, 0.25) is 0 Å². The van der Waals surface area contributed by atoms with Crippen molar-refractivity contribution < 1.29 is 9.90 Å². The highest BCUT2D eigenvalue weighted by Crippen LogP contribution is 2.26. The molecule has 0 unspecified atom stereocenters. The number of hydrogen-bond acceptors (Lipinski definition) is 2. The van der Waals surface area contributed by atoms with Crippen molar-refractivity contribution in [3.63, 3.8) is 0 Å². The Morgan fingerprint density at radius 3 is 2.75 bits per heavy atom. The first kappa shape index (κ1) is 13.4. The molecular formula is C15H12BrNO2S. The first-order chi connectivity index (χ1) is 9.63. The predicted molar refractivity (Wildman–Crippen MR) is 84.4 cm³/mol. The Balaban J connectivity index is 2.04. The van der Waals surface area contributed by atoms with E-state index < -0.39 is 5.97 Å². The molecule has 20 heavy (non-hydrogen) atoms. The molecule has 0 aliphatic rings. The number of aliphatic carboxylic acids is 1. The summed E-state index contributed by atoms with van der Waals surface area (Å²) in [6.45, 7) is 0.760. The summed E-state index contributed by atoms with van der Waals surface area (Å²) >= 11 is 5.16. The number of aromatic nitrogens is 1. The average molecular weight is 350 g/mol. The molecule has 0 aliphatic carbocycles. The second-order valence-corrected chi connectivity index (χ2v) is 7.12.